The Labute approximate surface area is 82.7 Å². The maximum Gasteiger partial charge on any atom is 0.435 e. The van der Waals surface area contributed by atoms with Crippen LogP contribution in [0, 0.1) is 0 Å². The molecule has 0 aromatic carbocycles. The summed E-state index contributed by atoms with van der Waals surface area (Å²) in [5.41, 5.74) is 3.30. The van der Waals surface area contributed by atoms with Crippen molar-refractivity contribution in [1.29, 1.82) is 0 Å². The van der Waals surface area contributed by atoms with E-state index in [4.69, 9.17) is 5.73 Å². The van der Waals surface area contributed by atoms with Gasteiger partial charge in [-0.1, -0.05) is 0 Å². The first-order valence-electron chi connectivity index (χ1n) is 3.12. The average Bonchev–Trinajstić information content (AvgIpc) is 2.03. The smallest absolute Gasteiger partial charge is 0.364 e. The van der Waals surface area contributed by atoms with Gasteiger partial charge in [0.2, 0.25) is 0 Å². The van der Waals surface area contributed by atoms with E-state index in [0.717, 1.165) is 6.07 Å². The molecule has 78 valence electrons. The molecule has 14 heavy (non-hydrogen) atoms. The van der Waals surface area contributed by atoms with Crippen molar-refractivity contribution in [1.82, 2.24) is 10.2 Å². The predicted molar refractivity (Wildman–Crippen MR) is 42.8 cm³/mol. The lowest BCUT2D eigenvalue weighted by Gasteiger charge is -2.03. The number of halogens is 4. The van der Waals surface area contributed by atoms with Gasteiger partial charge in [0.25, 0.3) is 5.91 Å². The van der Waals surface area contributed by atoms with Crippen LogP contribution in [0.2, 0.25) is 0 Å². The molecule has 0 radical (unpaired) electrons. The first-order valence-corrected chi connectivity index (χ1v) is 3.12. The molecule has 0 aliphatic heterocycles. The van der Waals surface area contributed by atoms with E-state index in [0.29, 0.717) is 6.07 Å². The van der Waals surface area contributed by atoms with Crippen LogP contribution in [0.3, 0.4) is 0 Å². The standard InChI is InChI=1S/C6H4F3N3O.ClH/c7-6(8,9)4-2-1-3(5(10)13)11-12-4;/h1-2H,(H2,10,13);1H. The van der Waals surface area contributed by atoms with E-state index >= 15 is 0 Å². The highest BCUT2D eigenvalue weighted by Crippen LogP contribution is 2.26. The Morgan fingerprint density at radius 3 is 2.14 bits per heavy atom. The number of aromatic nitrogens is 2. The minimum atomic E-state index is -4.55. The largest absolute Gasteiger partial charge is 0.435 e. The Bertz CT molecular complexity index is 324. The maximum absolute atomic E-state index is 11.9. The normalized spacial score (nSPS) is 10.5. The van der Waals surface area contributed by atoms with E-state index in [9.17, 15) is 18.0 Å². The van der Waals surface area contributed by atoms with Crippen molar-refractivity contribution in [3.63, 3.8) is 0 Å². The van der Waals surface area contributed by atoms with E-state index in [2.05, 4.69) is 10.2 Å². The van der Waals surface area contributed by atoms with Crippen molar-refractivity contribution in [2.24, 2.45) is 5.73 Å². The summed E-state index contributed by atoms with van der Waals surface area (Å²) < 4.78 is 35.7. The Morgan fingerprint density at radius 2 is 1.86 bits per heavy atom. The van der Waals surface area contributed by atoms with Crippen molar-refractivity contribution in [2.45, 2.75) is 6.18 Å². The second kappa shape index (κ2) is 4.23. The number of hydrogen-bond donors (Lipinski definition) is 1. The molecule has 0 aliphatic carbocycles. The number of amides is 1. The molecule has 1 rings (SSSR count). The van der Waals surface area contributed by atoms with Crippen LogP contribution < -0.4 is 5.73 Å². The molecule has 0 aliphatic rings. The highest BCUT2D eigenvalue weighted by molar-refractivity contribution is 5.90. The fourth-order valence-electron chi connectivity index (χ4n) is 0.615. The first-order chi connectivity index (χ1) is 5.91. The van der Waals surface area contributed by atoms with Gasteiger partial charge in [0.1, 0.15) is 0 Å². The molecule has 4 nitrogen and oxygen atoms in total. The van der Waals surface area contributed by atoms with Crippen LogP contribution in [0.25, 0.3) is 0 Å². The molecule has 0 atom stereocenters. The summed E-state index contributed by atoms with van der Waals surface area (Å²) in [6.07, 6.45) is -4.55. The summed E-state index contributed by atoms with van der Waals surface area (Å²) in [7, 11) is 0. The third-order valence-corrected chi connectivity index (χ3v) is 1.21. The summed E-state index contributed by atoms with van der Waals surface area (Å²) in [4.78, 5) is 10.4. The lowest BCUT2D eigenvalue weighted by Crippen LogP contribution is -2.16. The molecule has 0 fully saturated rings. The Hall–Kier alpha value is -1.37. The lowest BCUT2D eigenvalue weighted by molar-refractivity contribution is -0.141. The molecule has 1 aromatic rings. The second-order valence-corrected chi connectivity index (χ2v) is 2.17. The molecule has 1 amide bonds. The van der Waals surface area contributed by atoms with Crippen LogP contribution in [0.5, 0.6) is 0 Å². The Balaban J connectivity index is 0.00000169. The van der Waals surface area contributed by atoms with Gasteiger partial charge in [-0.05, 0) is 12.1 Å². The van der Waals surface area contributed by atoms with Gasteiger partial charge in [-0.15, -0.1) is 22.6 Å². The van der Waals surface area contributed by atoms with Gasteiger partial charge in [0.05, 0.1) is 0 Å². The zero-order chi connectivity index (χ0) is 10.1. The Morgan fingerprint density at radius 1 is 1.29 bits per heavy atom. The number of nitrogens with zero attached hydrogens (tertiary/aromatic N) is 2. The van der Waals surface area contributed by atoms with E-state index in [-0.39, 0.29) is 18.1 Å². The lowest BCUT2D eigenvalue weighted by atomic mass is 10.3. The fraction of sp³-hybridized carbons (Fsp3) is 0.167. The topological polar surface area (TPSA) is 68.9 Å². The van der Waals surface area contributed by atoms with Crippen LogP contribution in [-0.2, 0) is 6.18 Å². The van der Waals surface area contributed by atoms with Gasteiger partial charge >= 0.3 is 6.18 Å². The number of hydrogen-bond acceptors (Lipinski definition) is 3. The van der Waals surface area contributed by atoms with Gasteiger partial charge in [0, 0.05) is 0 Å². The number of alkyl halides is 3. The van der Waals surface area contributed by atoms with Crippen LogP contribution >= 0.6 is 12.4 Å². The van der Waals surface area contributed by atoms with Crippen molar-refractivity contribution in [2.75, 3.05) is 0 Å². The van der Waals surface area contributed by atoms with Crippen molar-refractivity contribution in [3.8, 4) is 0 Å². The van der Waals surface area contributed by atoms with Crippen LogP contribution in [0.1, 0.15) is 16.2 Å². The van der Waals surface area contributed by atoms with Crippen molar-refractivity contribution in [3.05, 3.63) is 23.5 Å². The van der Waals surface area contributed by atoms with Gasteiger partial charge in [-0.2, -0.15) is 13.2 Å². The third kappa shape index (κ3) is 2.84. The minimum absolute atomic E-state index is 0. The first kappa shape index (κ1) is 12.6. The summed E-state index contributed by atoms with van der Waals surface area (Å²) >= 11 is 0. The van der Waals surface area contributed by atoms with Crippen molar-refractivity contribution < 1.29 is 18.0 Å². The van der Waals surface area contributed by atoms with Crippen molar-refractivity contribution >= 4 is 18.3 Å². The van der Waals surface area contributed by atoms with E-state index < -0.39 is 17.8 Å². The summed E-state index contributed by atoms with van der Waals surface area (Å²) in [6, 6.07) is 1.52. The van der Waals surface area contributed by atoms with E-state index in [1.807, 2.05) is 0 Å². The maximum atomic E-state index is 11.9. The predicted octanol–water partition coefficient (Wildman–Crippen LogP) is 1.02. The number of nitrogens with two attached hydrogens (primary N) is 1. The van der Waals surface area contributed by atoms with E-state index in [1.165, 1.54) is 0 Å². The molecule has 0 saturated carbocycles. The summed E-state index contributed by atoms with van der Waals surface area (Å²) in [5.74, 6) is -0.916. The molecule has 1 aromatic heterocycles. The Kier molecular flexibility index (Phi) is 3.81. The van der Waals surface area contributed by atoms with Crippen LogP contribution in [0.4, 0.5) is 13.2 Å². The monoisotopic (exact) mass is 227 g/mol. The molecule has 0 saturated heterocycles. The minimum Gasteiger partial charge on any atom is -0.364 e. The van der Waals surface area contributed by atoms with Crippen LogP contribution in [0.15, 0.2) is 12.1 Å². The fourth-order valence-corrected chi connectivity index (χ4v) is 0.615. The van der Waals surface area contributed by atoms with Gasteiger partial charge < -0.3 is 5.73 Å². The number of carbonyl (C=O) groups is 1. The highest BCUT2D eigenvalue weighted by Gasteiger charge is 2.32. The number of carbonyl (C=O) groups excluding carboxylic acids is 1. The average molecular weight is 228 g/mol. The molecule has 0 unspecified atom stereocenters. The quantitative estimate of drug-likeness (QED) is 0.779. The second-order valence-electron chi connectivity index (χ2n) is 2.17. The number of primary amides is 1. The molecule has 0 spiro atoms. The summed E-state index contributed by atoms with van der Waals surface area (Å²) in [6.45, 7) is 0. The summed E-state index contributed by atoms with van der Waals surface area (Å²) in [5, 5.41) is 5.80. The molecule has 1 heterocycles. The highest BCUT2D eigenvalue weighted by atomic mass is 35.5. The molecular formula is C6H5ClF3N3O. The molecule has 0 bridgehead atoms. The zero-order valence-corrected chi connectivity index (χ0v) is 7.39. The van der Waals surface area contributed by atoms with E-state index in [1.54, 1.807) is 0 Å². The SMILES string of the molecule is Cl.NC(=O)c1ccc(C(F)(F)F)nn1. The van der Waals surface area contributed by atoms with Gasteiger partial charge in [-0.3, -0.25) is 4.79 Å². The van der Waals surface area contributed by atoms with Gasteiger partial charge in [0.15, 0.2) is 11.4 Å². The zero-order valence-electron chi connectivity index (χ0n) is 6.58. The van der Waals surface area contributed by atoms with Gasteiger partial charge in [-0.25, -0.2) is 0 Å². The molecular weight excluding hydrogens is 223 g/mol. The molecule has 2 N–H and O–H groups in total. The third-order valence-electron chi connectivity index (χ3n) is 1.21. The molecule has 8 heteroatoms. The van der Waals surface area contributed by atoms with Crippen LogP contribution in [-0.4, -0.2) is 16.1 Å². The number of rotatable bonds is 1.